The van der Waals surface area contributed by atoms with E-state index in [0.717, 1.165) is 36.0 Å². The Labute approximate surface area is 164 Å². The number of fused-ring (bicyclic) bond motifs is 1. The molecule has 4 rings (SSSR count). The molecule has 1 fully saturated rings. The van der Waals surface area contributed by atoms with E-state index in [4.69, 9.17) is 16.3 Å². The number of hydrogen-bond donors (Lipinski definition) is 1. The summed E-state index contributed by atoms with van der Waals surface area (Å²) in [7, 11) is 0. The molecule has 1 saturated carbocycles. The molecule has 0 saturated heterocycles. The second kappa shape index (κ2) is 7.43. The van der Waals surface area contributed by atoms with Crippen LogP contribution < -0.4 is 4.74 Å². The van der Waals surface area contributed by atoms with E-state index < -0.39 is 0 Å². The number of phenols is 1. The maximum atomic E-state index is 12.9. The van der Waals surface area contributed by atoms with Crippen LogP contribution in [0.3, 0.4) is 0 Å². The van der Waals surface area contributed by atoms with Gasteiger partial charge < -0.3 is 14.7 Å². The van der Waals surface area contributed by atoms with Crippen LogP contribution in [0.25, 0.3) is 11.1 Å². The van der Waals surface area contributed by atoms with Gasteiger partial charge in [0.25, 0.3) is 0 Å². The van der Waals surface area contributed by atoms with Crippen LogP contribution >= 0.6 is 11.6 Å². The number of halogens is 1. The normalized spacial score (nSPS) is 21.2. The van der Waals surface area contributed by atoms with Crippen molar-refractivity contribution in [2.75, 3.05) is 13.2 Å². The van der Waals surface area contributed by atoms with Gasteiger partial charge in [0.2, 0.25) is 5.91 Å². The van der Waals surface area contributed by atoms with Crippen molar-refractivity contribution in [3.8, 4) is 22.6 Å². The van der Waals surface area contributed by atoms with Crippen LogP contribution in [0, 0.1) is 11.8 Å². The first-order chi connectivity index (χ1) is 13.1. The van der Waals surface area contributed by atoms with E-state index in [-0.39, 0.29) is 17.6 Å². The lowest BCUT2D eigenvalue weighted by atomic mass is 10.0. The van der Waals surface area contributed by atoms with Crippen LogP contribution in [-0.2, 0) is 11.3 Å². The highest BCUT2D eigenvalue weighted by atomic mass is 35.5. The van der Waals surface area contributed by atoms with E-state index >= 15 is 0 Å². The Hall–Kier alpha value is -2.20. The fourth-order valence-electron chi connectivity index (χ4n) is 4.00. The molecule has 0 bridgehead atoms. The molecule has 0 unspecified atom stereocenters. The second-order valence-electron chi connectivity index (χ2n) is 7.49. The highest BCUT2D eigenvalue weighted by Crippen LogP contribution is 2.44. The largest absolute Gasteiger partial charge is 0.504 e. The maximum absolute atomic E-state index is 12.9. The third kappa shape index (κ3) is 3.77. The zero-order valence-electron chi connectivity index (χ0n) is 15.5. The molecule has 1 aliphatic heterocycles. The molecule has 0 spiro atoms. The minimum Gasteiger partial charge on any atom is -0.504 e. The Balaban J connectivity index is 1.60. The van der Waals surface area contributed by atoms with Crippen molar-refractivity contribution >= 4 is 17.5 Å². The molecule has 2 aromatic carbocycles. The summed E-state index contributed by atoms with van der Waals surface area (Å²) in [6, 6.07) is 11.2. The Kier molecular flexibility index (Phi) is 5.00. The number of aromatic hydroxyl groups is 1. The summed E-state index contributed by atoms with van der Waals surface area (Å²) in [6.07, 6.45) is 3.25. The molecule has 2 aliphatic rings. The summed E-state index contributed by atoms with van der Waals surface area (Å²) in [5.74, 6) is 1.51. The Morgan fingerprint density at radius 3 is 2.93 bits per heavy atom. The number of carbonyl (C=O) groups excluding carboxylic acids is 1. The van der Waals surface area contributed by atoms with Gasteiger partial charge in [-0.05, 0) is 54.2 Å². The van der Waals surface area contributed by atoms with Gasteiger partial charge in [0.15, 0.2) is 11.5 Å². The van der Waals surface area contributed by atoms with E-state index in [1.54, 1.807) is 6.07 Å². The minimum absolute atomic E-state index is 0.104. The van der Waals surface area contributed by atoms with Gasteiger partial charge in [-0.1, -0.05) is 37.1 Å². The third-order valence-electron chi connectivity index (χ3n) is 5.48. The molecular formula is C22H24ClNO3. The summed E-state index contributed by atoms with van der Waals surface area (Å²) in [4.78, 5) is 14.8. The van der Waals surface area contributed by atoms with E-state index in [1.165, 1.54) is 0 Å². The SMILES string of the molecule is CCC[C@H]1C[C@H]1C(=O)N1CCOc2c(O)cc(-c3cccc(Cl)c3)cc2C1. The van der Waals surface area contributed by atoms with Gasteiger partial charge in [0.1, 0.15) is 6.61 Å². The van der Waals surface area contributed by atoms with E-state index in [2.05, 4.69) is 6.92 Å². The number of ether oxygens (including phenoxy) is 1. The van der Waals surface area contributed by atoms with E-state index in [9.17, 15) is 9.90 Å². The molecule has 0 aromatic heterocycles. The maximum Gasteiger partial charge on any atom is 0.226 e. The first kappa shape index (κ1) is 18.2. The molecule has 5 heteroatoms. The Morgan fingerprint density at radius 1 is 1.30 bits per heavy atom. The monoisotopic (exact) mass is 385 g/mol. The number of benzene rings is 2. The summed E-state index contributed by atoms with van der Waals surface area (Å²) in [5.41, 5.74) is 2.62. The lowest BCUT2D eigenvalue weighted by molar-refractivity contribution is -0.133. The van der Waals surface area contributed by atoms with Crippen molar-refractivity contribution in [3.05, 3.63) is 47.0 Å². The highest BCUT2D eigenvalue weighted by Gasteiger charge is 2.44. The fourth-order valence-corrected chi connectivity index (χ4v) is 4.19. The second-order valence-corrected chi connectivity index (χ2v) is 7.93. The predicted octanol–water partition coefficient (Wildman–Crippen LogP) is 4.87. The van der Waals surface area contributed by atoms with Gasteiger partial charge in [-0.25, -0.2) is 0 Å². The van der Waals surface area contributed by atoms with Crippen LogP contribution in [0.4, 0.5) is 0 Å². The summed E-state index contributed by atoms with van der Waals surface area (Å²) >= 11 is 6.11. The molecule has 0 radical (unpaired) electrons. The van der Waals surface area contributed by atoms with Gasteiger partial charge in [-0.2, -0.15) is 0 Å². The summed E-state index contributed by atoms with van der Waals surface area (Å²) in [5, 5.41) is 11.1. The smallest absolute Gasteiger partial charge is 0.226 e. The van der Waals surface area contributed by atoms with Crippen molar-refractivity contribution < 1.29 is 14.6 Å². The molecule has 2 aromatic rings. The van der Waals surface area contributed by atoms with Crippen molar-refractivity contribution in [2.24, 2.45) is 11.8 Å². The fraction of sp³-hybridized carbons (Fsp3) is 0.409. The molecule has 2 atom stereocenters. The Morgan fingerprint density at radius 2 is 2.15 bits per heavy atom. The molecule has 1 amide bonds. The predicted molar refractivity (Wildman–Crippen MR) is 106 cm³/mol. The van der Waals surface area contributed by atoms with Crippen molar-refractivity contribution in [2.45, 2.75) is 32.7 Å². The summed E-state index contributed by atoms with van der Waals surface area (Å²) < 4.78 is 5.78. The van der Waals surface area contributed by atoms with Crippen LogP contribution in [0.2, 0.25) is 5.02 Å². The van der Waals surface area contributed by atoms with Crippen molar-refractivity contribution in [3.63, 3.8) is 0 Å². The zero-order valence-corrected chi connectivity index (χ0v) is 16.2. The molecule has 1 N–H and O–H groups in total. The Bertz CT molecular complexity index is 867. The third-order valence-corrected chi connectivity index (χ3v) is 5.72. The topological polar surface area (TPSA) is 49.8 Å². The number of carbonyl (C=O) groups is 1. The number of phenolic OH excluding ortho intramolecular Hbond substituents is 1. The van der Waals surface area contributed by atoms with Gasteiger partial charge in [0.05, 0.1) is 6.54 Å². The number of hydrogen-bond acceptors (Lipinski definition) is 3. The van der Waals surface area contributed by atoms with Gasteiger partial charge in [-0.3, -0.25) is 4.79 Å². The quantitative estimate of drug-likeness (QED) is 0.816. The van der Waals surface area contributed by atoms with Crippen molar-refractivity contribution in [1.82, 2.24) is 4.90 Å². The molecular weight excluding hydrogens is 362 g/mol. The summed E-state index contributed by atoms with van der Waals surface area (Å²) in [6.45, 7) is 3.57. The lowest BCUT2D eigenvalue weighted by Gasteiger charge is -2.20. The average Bonchev–Trinajstić information content (AvgIpc) is 3.44. The van der Waals surface area contributed by atoms with Crippen LogP contribution in [0.15, 0.2) is 36.4 Å². The number of amides is 1. The minimum atomic E-state index is 0.104. The van der Waals surface area contributed by atoms with E-state index in [0.29, 0.717) is 36.4 Å². The lowest BCUT2D eigenvalue weighted by Crippen LogP contribution is -2.34. The molecule has 142 valence electrons. The molecule has 4 nitrogen and oxygen atoms in total. The number of nitrogens with zero attached hydrogens (tertiary/aromatic N) is 1. The van der Waals surface area contributed by atoms with Crippen LogP contribution in [0.1, 0.15) is 31.7 Å². The van der Waals surface area contributed by atoms with Crippen molar-refractivity contribution in [1.29, 1.82) is 0 Å². The highest BCUT2D eigenvalue weighted by molar-refractivity contribution is 6.30. The van der Waals surface area contributed by atoms with Gasteiger partial charge in [-0.15, -0.1) is 0 Å². The molecule has 1 aliphatic carbocycles. The first-order valence-electron chi connectivity index (χ1n) is 9.60. The molecule has 27 heavy (non-hydrogen) atoms. The van der Waals surface area contributed by atoms with E-state index in [1.807, 2.05) is 35.2 Å². The van der Waals surface area contributed by atoms with Crippen LogP contribution in [-0.4, -0.2) is 29.1 Å². The molecule has 1 heterocycles. The average molecular weight is 386 g/mol. The van der Waals surface area contributed by atoms with Crippen LogP contribution in [0.5, 0.6) is 11.5 Å². The standard InChI is InChI=1S/C22H24ClNO3/c1-2-4-15-11-19(15)22(26)24-7-8-27-21-17(13-24)9-16(12-20(21)25)14-5-3-6-18(23)10-14/h3,5-6,9-10,12,15,19,25H,2,4,7-8,11,13H2,1H3/t15-,19+/m0/s1. The zero-order chi connectivity index (χ0) is 19.0. The van der Waals surface area contributed by atoms with Gasteiger partial charge >= 0.3 is 0 Å². The number of rotatable bonds is 4. The first-order valence-corrected chi connectivity index (χ1v) is 9.98. The van der Waals surface area contributed by atoms with Gasteiger partial charge in [0, 0.05) is 23.0 Å².